The summed E-state index contributed by atoms with van der Waals surface area (Å²) in [6.07, 6.45) is 1.49. The van der Waals surface area contributed by atoms with Crippen molar-refractivity contribution in [1.29, 1.82) is 0 Å². The van der Waals surface area contributed by atoms with Gasteiger partial charge in [-0.05, 0) is 63.3 Å². The highest BCUT2D eigenvalue weighted by Gasteiger charge is 2.25. The molecule has 0 spiro atoms. The molecule has 4 rings (SSSR count). The molecule has 1 unspecified atom stereocenters. The molecule has 9 nitrogen and oxygen atoms in total. The molecule has 2 amide bonds. The molecular weight excluding hydrogens is 554 g/mol. The van der Waals surface area contributed by atoms with Crippen LogP contribution in [0.15, 0.2) is 70.2 Å². The number of carbonyl (C=O) groups is 2. The van der Waals surface area contributed by atoms with Gasteiger partial charge in [0.25, 0.3) is 11.8 Å². The number of hydrogen-bond donors (Lipinski definition) is 2. The zero-order valence-corrected chi connectivity index (χ0v) is 22.8. The molecule has 0 bridgehead atoms. The monoisotopic (exact) mass is 581 g/mol. The third kappa shape index (κ3) is 6.63. The van der Waals surface area contributed by atoms with Gasteiger partial charge in [-0.15, -0.1) is 0 Å². The van der Waals surface area contributed by atoms with Gasteiger partial charge in [-0.1, -0.05) is 44.2 Å². The number of fused-ring (bicyclic) bond motifs is 1. The van der Waals surface area contributed by atoms with E-state index >= 15 is 0 Å². The van der Waals surface area contributed by atoms with E-state index < -0.39 is 17.9 Å². The molecular formula is C28H28BrN3O6. The van der Waals surface area contributed by atoms with Crippen LogP contribution in [0.25, 0.3) is 0 Å². The molecule has 2 N–H and O–H groups in total. The van der Waals surface area contributed by atoms with E-state index in [0.717, 1.165) is 5.56 Å². The number of rotatable bonds is 10. The van der Waals surface area contributed by atoms with E-state index in [1.54, 1.807) is 37.4 Å². The molecule has 3 aromatic rings. The maximum atomic E-state index is 12.9. The Labute approximate surface area is 229 Å². The fourth-order valence-corrected chi connectivity index (χ4v) is 4.30. The number of nitrogens with zero attached hydrogens (tertiary/aromatic N) is 1. The van der Waals surface area contributed by atoms with E-state index in [9.17, 15) is 9.59 Å². The predicted octanol–water partition coefficient (Wildman–Crippen LogP) is 4.67. The first-order valence-electron chi connectivity index (χ1n) is 11.9. The van der Waals surface area contributed by atoms with Crippen molar-refractivity contribution in [3.8, 4) is 23.0 Å². The minimum absolute atomic E-state index is 0.112. The van der Waals surface area contributed by atoms with Crippen LogP contribution in [0, 0.1) is 5.92 Å². The second-order valence-electron chi connectivity index (χ2n) is 8.81. The maximum Gasteiger partial charge on any atom is 0.262 e. The molecule has 0 radical (unpaired) electrons. The summed E-state index contributed by atoms with van der Waals surface area (Å²) in [6.45, 7) is 4.17. The number of nitrogens with one attached hydrogen (secondary N) is 2. The van der Waals surface area contributed by atoms with Crippen molar-refractivity contribution in [2.45, 2.75) is 26.5 Å². The molecule has 10 heteroatoms. The van der Waals surface area contributed by atoms with Crippen LogP contribution in [0.5, 0.6) is 23.0 Å². The van der Waals surface area contributed by atoms with Crippen LogP contribution in [0.3, 0.4) is 0 Å². The van der Waals surface area contributed by atoms with Crippen LogP contribution in [0.4, 0.5) is 0 Å². The van der Waals surface area contributed by atoms with Crippen molar-refractivity contribution in [1.82, 2.24) is 10.7 Å². The summed E-state index contributed by atoms with van der Waals surface area (Å²) < 4.78 is 22.7. The third-order valence-corrected chi connectivity index (χ3v) is 6.33. The Bertz CT molecular complexity index is 1330. The van der Waals surface area contributed by atoms with E-state index in [1.807, 2.05) is 44.2 Å². The Morgan fingerprint density at radius 3 is 2.58 bits per heavy atom. The summed E-state index contributed by atoms with van der Waals surface area (Å²) in [5.74, 6) is 1.11. The summed E-state index contributed by atoms with van der Waals surface area (Å²) in [7, 11) is 1.55. The van der Waals surface area contributed by atoms with E-state index in [4.69, 9.17) is 18.9 Å². The lowest BCUT2D eigenvalue weighted by molar-refractivity contribution is -0.123. The molecule has 0 saturated heterocycles. The third-order valence-electron chi connectivity index (χ3n) is 5.74. The fraction of sp³-hybridized carbons (Fsp3) is 0.250. The molecule has 1 aliphatic heterocycles. The van der Waals surface area contributed by atoms with Gasteiger partial charge in [0.2, 0.25) is 6.79 Å². The van der Waals surface area contributed by atoms with Gasteiger partial charge in [-0.2, -0.15) is 5.10 Å². The van der Waals surface area contributed by atoms with Gasteiger partial charge >= 0.3 is 0 Å². The lowest BCUT2D eigenvalue weighted by Gasteiger charge is -2.20. The highest BCUT2D eigenvalue weighted by molar-refractivity contribution is 9.10. The number of benzene rings is 3. The normalized spacial score (nSPS) is 12.9. The van der Waals surface area contributed by atoms with Crippen LogP contribution < -0.4 is 29.7 Å². The summed E-state index contributed by atoms with van der Waals surface area (Å²) in [6, 6.07) is 17.4. The highest BCUT2D eigenvalue weighted by Crippen LogP contribution is 2.37. The van der Waals surface area contributed by atoms with E-state index in [2.05, 4.69) is 31.8 Å². The molecule has 198 valence electrons. The Balaban J connectivity index is 1.39. The average molecular weight is 582 g/mol. The van der Waals surface area contributed by atoms with Gasteiger partial charge in [0.1, 0.15) is 12.6 Å². The summed E-state index contributed by atoms with van der Waals surface area (Å²) in [5.41, 5.74) is 4.58. The number of ether oxygens (including phenoxy) is 4. The molecule has 0 aliphatic carbocycles. The van der Waals surface area contributed by atoms with Gasteiger partial charge in [0.05, 0.1) is 17.8 Å². The smallest absolute Gasteiger partial charge is 0.262 e. The first-order valence-corrected chi connectivity index (χ1v) is 12.7. The molecule has 38 heavy (non-hydrogen) atoms. The summed E-state index contributed by atoms with van der Waals surface area (Å²) in [4.78, 5) is 25.6. The number of amides is 2. The van der Waals surface area contributed by atoms with Gasteiger partial charge in [0.15, 0.2) is 23.0 Å². The van der Waals surface area contributed by atoms with Gasteiger partial charge in [-0.3, -0.25) is 9.59 Å². The standard InChI is InChI=1S/C28H28BrN3O6/c1-17(2)25(31-27(33)20-9-10-22-23(13-20)38-16-37-22)28(34)32-30-14-19-11-21(29)26(24(12-19)35-3)36-15-18-7-5-4-6-8-18/h4-14,17,25H,15-16H2,1-3H3,(H,31,33)(H,32,34)/b30-14+. The zero-order chi connectivity index (χ0) is 27.1. The first kappa shape index (κ1) is 27.0. The molecule has 3 aromatic carbocycles. The highest BCUT2D eigenvalue weighted by atomic mass is 79.9. The minimum atomic E-state index is -0.805. The summed E-state index contributed by atoms with van der Waals surface area (Å²) >= 11 is 3.53. The quantitative estimate of drug-likeness (QED) is 0.266. The Kier molecular flexibility index (Phi) is 8.85. The fourth-order valence-electron chi connectivity index (χ4n) is 3.72. The summed E-state index contributed by atoms with van der Waals surface area (Å²) in [5, 5.41) is 6.85. The van der Waals surface area contributed by atoms with E-state index in [1.165, 1.54) is 6.21 Å². The van der Waals surface area contributed by atoms with Crippen molar-refractivity contribution < 1.29 is 28.5 Å². The number of hydrogen-bond acceptors (Lipinski definition) is 7. The Hall–Kier alpha value is -4.05. The van der Waals surface area contributed by atoms with Crippen LogP contribution in [0.2, 0.25) is 0 Å². The van der Waals surface area contributed by atoms with Crippen molar-refractivity contribution >= 4 is 34.0 Å². The van der Waals surface area contributed by atoms with Crippen molar-refractivity contribution in [2.75, 3.05) is 13.9 Å². The molecule has 1 heterocycles. The van der Waals surface area contributed by atoms with E-state index in [0.29, 0.717) is 45.2 Å². The lowest BCUT2D eigenvalue weighted by Crippen LogP contribution is -2.48. The molecule has 0 aromatic heterocycles. The zero-order valence-electron chi connectivity index (χ0n) is 21.2. The van der Waals surface area contributed by atoms with Gasteiger partial charge < -0.3 is 24.3 Å². The minimum Gasteiger partial charge on any atom is -0.493 e. The largest absolute Gasteiger partial charge is 0.493 e. The van der Waals surface area contributed by atoms with Crippen LogP contribution >= 0.6 is 15.9 Å². The number of methoxy groups -OCH3 is 1. The topological polar surface area (TPSA) is 107 Å². The SMILES string of the molecule is COc1cc(/C=N/NC(=O)C(NC(=O)c2ccc3c(c2)OCO3)C(C)C)cc(Br)c1OCc1ccccc1. The average Bonchev–Trinajstić information content (AvgIpc) is 3.39. The molecule has 0 saturated carbocycles. The predicted molar refractivity (Wildman–Crippen MR) is 146 cm³/mol. The van der Waals surface area contributed by atoms with Crippen molar-refractivity contribution in [3.63, 3.8) is 0 Å². The number of hydrazone groups is 1. The second-order valence-corrected chi connectivity index (χ2v) is 9.66. The van der Waals surface area contributed by atoms with Crippen LogP contribution in [0.1, 0.15) is 35.3 Å². The van der Waals surface area contributed by atoms with Gasteiger partial charge in [-0.25, -0.2) is 5.43 Å². The van der Waals surface area contributed by atoms with Crippen LogP contribution in [-0.4, -0.2) is 38.0 Å². The Morgan fingerprint density at radius 1 is 1.08 bits per heavy atom. The molecule has 1 aliphatic rings. The maximum absolute atomic E-state index is 12.9. The molecule has 1 atom stereocenters. The van der Waals surface area contributed by atoms with Crippen molar-refractivity contribution in [2.24, 2.45) is 11.0 Å². The van der Waals surface area contributed by atoms with E-state index in [-0.39, 0.29) is 12.7 Å². The second kappa shape index (κ2) is 12.5. The van der Waals surface area contributed by atoms with Crippen molar-refractivity contribution in [3.05, 3.63) is 81.8 Å². The molecule has 0 fully saturated rings. The van der Waals surface area contributed by atoms with Crippen LogP contribution in [-0.2, 0) is 11.4 Å². The number of halogens is 1. The lowest BCUT2D eigenvalue weighted by atomic mass is 10.0. The first-order chi connectivity index (χ1) is 18.4. The Morgan fingerprint density at radius 2 is 1.84 bits per heavy atom. The van der Waals surface area contributed by atoms with Gasteiger partial charge in [0, 0.05) is 5.56 Å². The number of carbonyl (C=O) groups excluding carboxylic acids is 2.